The van der Waals surface area contributed by atoms with Crippen molar-refractivity contribution in [1.29, 1.82) is 0 Å². The number of likely N-dealkylation sites (N-methyl/N-ethyl adjacent to an activating group) is 1. The molecule has 0 atom stereocenters. The van der Waals surface area contributed by atoms with Crippen molar-refractivity contribution < 1.29 is 27.8 Å². The number of rotatable bonds is 6. The van der Waals surface area contributed by atoms with Crippen LogP contribution in [0.3, 0.4) is 0 Å². The number of aliphatic hydroxyl groups is 1. The Morgan fingerprint density at radius 2 is 2.00 bits per heavy atom. The maximum absolute atomic E-state index is 12.2. The van der Waals surface area contributed by atoms with E-state index in [2.05, 4.69) is 0 Å². The second kappa shape index (κ2) is 7.51. The average molecular weight is 333 g/mol. The van der Waals surface area contributed by atoms with Gasteiger partial charge < -0.3 is 14.6 Å². The summed E-state index contributed by atoms with van der Waals surface area (Å²) in [5.41, 5.74) is 0.493. The molecule has 1 fully saturated rings. The molecule has 1 heterocycles. The van der Waals surface area contributed by atoms with Gasteiger partial charge in [-0.25, -0.2) is 0 Å². The number of halogens is 3. The van der Waals surface area contributed by atoms with Gasteiger partial charge in [0.05, 0.1) is 6.61 Å². The molecule has 4 nitrogen and oxygen atoms in total. The van der Waals surface area contributed by atoms with Crippen LogP contribution in [0.5, 0.6) is 5.75 Å². The first kappa shape index (κ1) is 18.0. The summed E-state index contributed by atoms with van der Waals surface area (Å²) in [7, 11) is 1.91. The molecule has 23 heavy (non-hydrogen) atoms. The minimum absolute atomic E-state index is 0.0249. The third-order valence-electron chi connectivity index (χ3n) is 4.25. The lowest BCUT2D eigenvalue weighted by Gasteiger charge is -2.43. The van der Waals surface area contributed by atoms with E-state index in [9.17, 15) is 18.3 Å². The molecule has 0 aromatic heterocycles. The molecule has 2 rings (SSSR count). The monoisotopic (exact) mass is 333 g/mol. The molecule has 0 radical (unpaired) electrons. The molecule has 1 aromatic rings. The molecule has 0 unspecified atom stereocenters. The van der Waals surface area contributed by atoms with E-state index in [0.717, 1.165) is 18.4 Å². The molecule has 130 valence electrons. The van der Waals surface area contributed by atoms with E-state index >= 15 is 0 Å². The Balaban J connectivity index is 2.01. The Morgan fingerprint density at radius 1 is 1.30 bits per heavy atom. The predicted molar refractivity (Wildman–Crippen MR) is 79.3 cm³/mol. The SMILES string of the molecule is CN(Cc1cccc(OCC(F)(F)F)c1)C1(CO)CCOCC1. The molecule has 1 saturated heterocycles. The molecule has 1 N–H and O–H groups in total. The van der Waals surface area contributed by atoms with Gasteiger partial charge in [0.2, 0.25) is 0 Å². The summed E-state index contributed by atoms with van der Waals surface area (Å²) in [5, 5.41) is 9.77. The number of benzene rings is 1. The van der Waals surface area contributed by atoms with Crippen LogP contribution in [0, 0.1) is 0 Å². The van der Waals surface area contributed by atoms with Crippen molar-refractivity contribution in [3.63, 3.8) is 0 Å². The minimum atomic E-state index is -4.35. The molecule has 7 heteroatoms. The van der Waals surface area contributed by atoms with Crippen LogP contribution in [0.2, 0.25) is 0 Å². The van der Waals surface area contributed by atoms with Crippen molar-refractivity contribution in [2.75, 3.05) is 33.5 Å². The third-order valence-corrected chi connectivity index (χ3v) is 4.25. The molecule has 1 aromatic carbocycles. The van der Waals surface area contributed by atoms with E-state index < -0.39 is 12.8 Å². The molecular formula is C16H22F3NO3. The van der Waals surface area contributed by atoms with Gasteiger partial charge in [-0.1, -0.05) is 12.1 Å². The molecule has 0 saturated carbocycles. The maximum Gasteiger partial charge on any atom is 0.422 e. The molecule has 0 bridgehead atoms. The Labute approximate surface area is 133 Å². The van der Waals surface area contributed by atoms with Gasteiger partial charge in [-0.3, -0.25) is 4.90 Å². The topological polar surface area (TPSA) is 41.9 Å². The number of nitrogens with zero attached hydrogens (tertiary/aromatic N) is 1. The van der Waals surface area contributed by atoms with Crippen LogP contribution in [-0.4, -0.2) is 55.2 Å². The smallest absolute Gasteiger partial charge is 0.422 e. The van der Waals surface area contributed by atoms with E-state index in [0.29, 0.717) is 19.8 Å². The second-order valence-corrected chi connectivity index (χ2v) is 5.90. The van der Waals surface area contributed by atoms with Gasteiger partial charge in [-0.15, -0.1) is 0 Å². The van der Waals surface area contributed by atoms with Gasteiger partial charge in [0.1, 0.15) is 5.75 Å². The van der Waals surface area contributed by atoms with E-state index in [1.165, 1.54) is 6.07 Å². The highest BCUT2D eigenvalue weighted by atomic mass is 19.4. The van der Waals surface area contributed by atoms with Crippen LogP contribution in [0.15, 0.2) is 24.3 Å². The molecule has 0 spiro atoms. The van der Waals surface area contributed by atoms with Gasteiger partial charge in [0.25, 0.3) is 0 Å². The van der Waals surface area contributed by atoms with E-state index in [-0.39, 0.29) is 17.9 Å². The number of hydrogen-bond donors (Lipinski definition) is 1. The van der Waals surface area contributed by atoms with Crippen LogP contribution in [0.1, 0.15) is 18.4 Å². The van der Waals surface area contributed by atoms with Crippen LogP contribution in [-0.2, 0) is 11.3 Å². The van der Waals surface area contributed by atoms with E-state index in [4.69, 9.17) is 9.47 Å². The lowest BCUT2D eigenvalue weighted by molar-refractivity contribution is -0.153. The molecule has 0 aliphatic carbocycles. The number of alkyl halides is 3. The standard InChI is InChI=1S/C16H22F3NO3/c1-20(15(11-21)5-7-22-8-6-15)10-13-3-2-4-14(9-13)23-12-16(17,18)19/h2-4,9,21H,5-8,10-12H2,1H3. The van der Waals surface area contributed by atoms with E-state index in [1.807, 2.05) is 18.0 Å². The second-order valence-electron chi connectivity index (χ2n) is 5.90. The Kier molecular flexibility index (Phi) is 5.89. The van der Waals surface area contributed by atoms with Gasteiger partial charge in [-0.05, 0) is 37.6 Å². The van der Waals surface area contributed by atoms with Crippen LogP contribution in [0.25, 0.3) is 0 Å². The van der Waals surface area contributed by atoms with Crippen molar-refractivity contribution in [2.45, 2.75) is 31.1 Å². The van der Waals surface area contributed by atoms with Crippen molar-refractivity contribution in [1.82, 2.24) is 4.90 Å². The fraction of sp³-hybridized carbons (Fsp3) is 0.625. The largest absolute Gasteiger partial charge is 0.484 e. The summed E-state index contributed by atoms with van der Waals surface area (Å²) in [6.07, 6.45) is -2.90. The first-order valence-electron chi connectivity index (χ1n) is 7.53. The van der Waals surface area contributed by atoms with Crippen molar-refractivity contribution in [3.05, 3.63) is 29.8 Å². The van der Waals surface area contributed by atoms with Gasteiger partial charge in [0, 0.05) is 25.3 Å². The van der Waals surface area contributed by atoms with Gasteiger partial charge >= 0.3 is 6.18 Å². The zero-order chi connectivity index (χ0) is 16.9. The number of hydrogen-bond acceptors (Lipinski definition) is 4. The Morgan fingerprint density at radius 3 is 2.61 bits per heavy atom. The first-order chi connectivity index (χ1) is 10.8. The molecule has 1 aliphatic rings. The molecular weight excluding hydrogens is 311 g/mol. The summed E-state index contributed by atoms with van der Waals surface area (Å²) in [5.74, 6) is 0.193. The predicted octanol–water partition coefficient (Wildman–Crippen LogP) is 2.60. The zero-order valence-corrected chi connectivity index (χ0v) is 13.1. The first-order valence-corrected chi connectivity index (χ1v) is 7.53. The van der Waals surface area contributed by atoms with Crippen LogP contribution >= 0.6 is 0 Å². The van der Waals surface area contributed by atoms with Gasteiger partial charge in [0.15, 0.2) is 6.61 Å². The lowest BCUT2D eigenvalue weighted by Crippen LogP contribution is -2.52. The summed E-state index contributed by atoms with van der Waals surface area (Å²) in [6, 6.07) is 6.62. The minimum Gasteiger partial charge on any atom is -0.484 e. The summed E-state index contributed by atoms with van der Waals surface area (Å²) in [6.45, 7) is 0.435. The number of ether oxygens (including phenoxy) is 2. The molecule has 0 amide bonds. The fourth-order valence-electron chi connectivity index (χ4n) is 2.75. The van der Waals surface area contributed by atoms with Crippen molar-refractivity contribution >= 4 is 0 Å². The maximum atomic E-state index is 12.2. The Bertz CT molecular complexity index is 502. The Hall–Kier alpha value is -1.31. The average Bonchev–Trinajstić information content (AvgIpc) is 2.53. The summed E-state index contributed by atoms with van der Waals surface area (Å²) >= 11 is 0. The van der Waals surface area contributed by atoms with Gasteiger partial charge in [-0.2, -0.15) is 13.2 Å². The molecule has 1 aliphatic heterocycles. The number of aliphatic hydroxyl groups excluding tert-OH is 1. The zero-order valence-electron chi connectivity index (χ0n) is 13.1. The fourth-order valence-corrected chi connectivity index (χ4v) is 2.75. The highest BCUT2D eigenvalue weighted by molar-refractivity contribution is 5.28. The highest BCUT2D eigenvalue weighted by Gasteiger charge is 2.36. The lowest BCUT2D eigenvalue weighted by atomic mass is 9.89. The van der Waals surface area contributed by atoms with Crippen molar-refractivity contribution in [2.24, 2.45) is 0 Å². The summed E-state index contributed by atoms with van der Waals surface area (Å²) in [4.78, 5) is 2.04. The van der Waals surface area contributed by atoms with Crippen molar-refractivity contribution in [3.8, 4) is 5.75 Å². The van der Waals surface area contributed by atoms with Crippen LogP contribution in [0.4, 0.5) is 13.2 Å². The van der Waals surface area contributed by atoms with Crippen LogP contribution < -0.4 is 4.74 Å². The summed E-state index contributed by atoms with van der Waals surface area (Å²) < 4.78 is 46.8. The third kappa shape index (κ3) is 5.09. The van der Waals surface area contributed by atoms with E-state index in [1.54, 1.807) is 12.1 Å². The highest BCUT2D eigenvalue weighted by Crippen LogP contribution is 2.28. The normalized spacial score (nSPS) is 18.2. The quantitative estimate of drug-likeness (QED) is 0.869.